The van der Waals surface area contributed by atoms with Gasteiger partial charge in [-0.2, -0.15) is 5.10 Å². The Hall–Kier alpha value is -2.34. The molecule has 136 valence electrons. The lowest BCUT2D eigenvalue weighted by Crippen LogP contribution is -2.35. The van der Waals surface area contributed by atoms with Gasteiger partial charge in [0.2, 0.25) is 0 Å². The van der Waals surface area contributed by atoms with Crippen LogP contribution < -0.4 is 15.8 Å². The Bertz CT molecular complexity index is 720. The molecule has 0 saturated carbocycles. The monoisotopic (exact) mass is 344 g/mol. The first-order chi connectivity index (χ1) is 11.8. The highest BCUT2D eigenvalue weighted by atomic mass is 16.5. The molecule has 0 spiro atoms. The summed E-state index contributed by atoms with van der Waals surface area (Å²) in [5.41, 5.74) is 10.1. The highest BCUT2D eigenvalue weighted by Gasteiger charge is 2.13. The number of rotatable bonds is 7. The third kappa shape index (κ3) is 4.82. The molecule has 3 N–H and O–H groups in total. The van der Waals surface area contributed by atoms with Crippen LogP contribution in [0.25, 0.3) is 0 Å². The van der Waals surface area contributed by atoms with E-state index in [1.165, 1.54) is 5.56 Å². The Morgan fingerprint density at radius 1 is 1.24 bits per heavy atom. The Morgan fingerprint density at radius 2 is 1.84 bits per heavy atom. The summed E-state index contributed by atoms with van der Waals surface area (Å²) in [5.74, 6) is 0.949. The second-order valence-electron chi connectivity index (χ2n) is 6.64. The molecule has 0 aliphatic carbocycles. The minimum absolute atomic E-state index is 0.0492. The van der Waals surface area contributed by atoms with E-state index in [9.17, 15) is 4.79 Å². The summed E-state index contributed by atoms with van der Waals surface area (Å²) in [6.07, 6.45) is 0. The molecule has 0 fully saturated rings. The van der Waals surface area contributed by atoms with Crippen LogP contribution in [0, 0.1) is 13.8 Å². The molecule has 6 heteroatoms. The predicted octanol–water partition coefficient (Wildman–Crippen LogP) is 2.36. The van der Waals surface area contributed by atoms with Crippen LogP contribution in [0.5, 0.6) is 5.75 Å². The van der Waals surface area contributed by atoms with Crippen molar-refractivity contribution >= 4 is 5.91 Å². The summed E-state index contributed by atoms with van der Waals surface area (Å²) >= 11 is 0. The number of amides is 1. The van der Waals surface area contributed by atoms with Crippen molar-refractivity contribution in [1.82, 2.24) is 15.1 Å². The van der Waals surface area contributed by atoms with Crippen molar-refractivity contribution in [2.45, 2.75) is 39.7 Å². The standard InChI is InChI=1S/C19H28N4O2/c1-12(2)15-6-8-16(9-7-15)17(20)10-21-18(24)11-25-19-13(3)22-23(5)14(19)4/h6-9,12,17H,10-11,20H2,1-5H3,(H,21,24). The quantitative estimate of drug-likeness (QED) is 0.808. The molecular formula is C19H28N4O2. The van der Waals surface area contributed by atoms with Crippen LogP contribution in [0.3, 0.4) is 0 Å². The van der Waals surface area contributed by atoms with E-state index in [1.54, 1.807) is 4.68 Å². The minimum Gasteiger partial charge on any atom is -0.480 e. The normalized spacial score (nSPS) is 12.3. The van der Waals surface area contributed by atoms with Gasteiger partial charge in [-0.1, -0.05) is 38.1 Å². The number of aryl methyl sites for hydroxylation is 2. The summed E-state index contributed by atoms with van der Waals surface area (Å²) in [6.45, 7) is 8.39. The smallest absolute Gasteiger partial charge is 0.258 e. The van der Waals surface area contributed by atoms with E-state index in [-0.39, 0.29) is 18.6 Å². The molecular weight excluding hydrogens is 316 g/mol. The van der Waals surface area contributed by atoms with E-state index in [4.69, 9.17) is 10.5 Å². The summed E-state index contributed by atoms with van der Waals surface area (Å²) in [7, 11) is 1.85. The molecule has 0 aliphatic heterocycles. The van der Waals surface area contributed by atoms with Gasteiger partial charge in [0.1, 0.15) is 5.69 Å². The van der Waals surface area contributed by atoms with Crippen LogP contribution in [0.2, 0.25) is 0 Å². The van der Waals surface area contributed by atoms with E-state index in [2.05, 4.69) is 36.4 Å². The molecule has 0 bridgehead atoms. The molecule has 1 unspecified atom stereocenters. The lowest BCUT2D eigenvalue weighted by atomic mass is 9.99. The van der Waals surface area contributed by atoms with E-state index in [1.807, 2.05) is 33.0 Å². The lowest BCUT2D eigenvalue weighted by Gasteiger charge is -2.15. The van der Waals surface area contributed by atoms with Crippen molar-refractivity contribution < 1.29 is 9.53 Å². The molecule has 1 heterocycles. The molecule has 25 heavy (non-hydrogen) atoms. The molecule has 0 aliphatic rings. The SMILES string of the molecule is Cc1nn(C)c(C)c1OCC(=O)NCC(N)c1ccc(C(C)C)cc1. The molecule has 1 aromatic heterocycles. The minimum atomic E-state index is -0.243. The van der Waals surface area contributed by atoms with E-state index < -0.39 is 0 Å². The molecule has 1 amide bonds. The number of nitrogens with zero attached hydrogens (tertiary/aromatic N) is 2. The fourth-order valence-corrected chi connectivity index (χ4v) is 2.62. The van der Waals surface area contributed by atoms with Crippen LogP contribution in [-0.2, 0) is 11.8 Å². The number of carbonyl (C=O) groups is 1. The van der Waals surface area contributed by atoms with Crippen LogP contribution in [0.1, 0.15) is 48.3 Å². The van der Waals surface area contributed by atoms with E-state index in [0.717, 1.165) is 17.0 Å². The molecule has 1 aromatic carbocycles. The zero-order chi connectivity index (χ0) is 18.6. The van der Waals surface area contributed by atoms with Gasteiger partial charge in [0.05, 0.1) is 5.69 Å². The molecule has 0 saturated heterocycles. The zero-order valence-corrected chi connectivity index (χ0v) is 15.7. The van der Waals surface area contributed by atoms with Crippen LogP contribution >= 0.6 is 0 Å². The summed E-state index contributed by atoms with van der Waals surface area (Å²) in [6, 6.07) is 7.96. The van der Waals surface area contributed by atoms with Crippen molar-refractivity contribution in [2.75, 3.05) is 13.2 Å². The second-order valence-corrected chi connectivity index (χ2v) is 6.64. The summed E-state index contributed by atoms with van der Waals surface area (Å²) in [5, 5.41) is 7.08. The van der Waals surface area contributed by atoms with E-state index >= 15 is 0 Å². The highest BCUT2D eigenvalue weighted by molar-refractivity contribution is 5.77. The maximum absolute atomic E-state index is 12.0. The van der Waals surface area contributed by atoms with Gasteiger partial charge in [-0.25, -0.2) is 0 Å². The van der Waals surface area contributed by atoms with Crippen molar-refractivity contribution in [3.05, 3.63) is 46.8 Å². The molecule has 1 atom stereocenters. The van der Waals surface area contributed by atoms with Gasteiger partial charge in [0.25, 0.3) is 5.91 Å². The van der Waals surface area contributed by atoms with Gasteiger partial charge < -0.3 is 15.8 Å². The molecule has 0 radical (unpaired) electrons. The number of aromatic nitrogens is 2. The van der Waals surface area contributed by atoms with Gasteiger partial charge >= 0.3 is 0 Å². The highest BCUT2D eigenvalue weighted by Crippen LogP contribution is 2.21. The van der Waals surface area contributed by atoms with Crippen molar-refractivity contribution in [3.63, 3.8) is 0 Å². The van der Waals surface area contributed by atoms with Crippen LogP contribution in [-0.4, -0.2) is 28.8 Å². The summed E-state index contributed by atoms with van der Waals surface area (Å²) in [4.78, 5) is 12.0. The number of benzene rings is 1. The van der Waals surface area contributed by atoms with Gasteiger partial charge in [-0.3, -0.25) is 9.48 Å². The topological polar surface area (TPSA) is 82.2 Å². The molecule has 6 nitrogen and oxygen atoms in total. The number of carbonyl (C=O) groups excluding carboxylic acids is 1. The van der Waals surface area contributed by atoms with Crippen molar-refractivity contribution in [1.29, 1.82) is 0 Å². The van der Waals surface area contributed by atoms with Gasteiger partial charge in [0.15, 0.2) is 12.4 Å². The van der Waals surface area contributed by atoms with Crippen LogP contribution in [0.15, 0.2) is 24.3 Å². The third-order valence-electron chi connectivity index (χ3n) is 4.34. The number of nitrogens with two attached hydrogens (primary N) is 1. The number of hydrogen-bond acceptors (Lipinski definition) is 4. The fraction of sp³-hybridized carbons (Fsp3) is 0.474. The first-order valence-corrected chi connectivity index (χ1v) is 8.54. The first kappa shape index (κ1) is 19.0. The fourth-order valence-electron chi connectivity index (χ4n) is 2.62. The predicted molar refractivity (Wildman–Crippen MR) is 98.6 cm³/mol. The van der Waals surface area contributed by atoms with Gasteiger partial charge in [0, 0.05) is 19.6 Å². The number of hydrogen-bond donors (Lipinski definition) is 2. The Balaban J connectivity index is 1.83. The van der Waals surface area contributed by atoms with Crippen molar-refractivity contribution in [2.24, 2.45) is 12.8 Å². The number of nitrogens with one attached hydrogen (secondary N) is 1. The third-order valence-corrected chi connectivity index (χ3v) is 4.34. The Labute approximate surface area is 149 Å². The van der Waals surface area contributed by atoms with Crippen LogP contribution in [0.4, 0.5) is 0 Å². The second kappa shape index (κ2) is 8.16. The maximum Gasteiger partial charge on any atom is 0.258 e. The Morgan fingerprint density at radius 3 is 2.36 bits per heavy atom. The van der Waals surface area contributed by atoms with Gasteiger partial charge in [-0.05, 0) is 30.9 Å². The number of ether oxygens (including phenoxy) is 1. The summed E-state index contributed by atoms with van der Waals surface area (Å²) < 4.78 is 7.33. The maximum atomic E-state index is 12.0. The average Bonchev–Trinajstić information content (AvgIpc) is 2.83. The van der Waals surface area contributed by atoms with E-state index in [0.29, 0.717) is 18.2 Å². The Kier molecular flexibility index (Phi) is 6.20. The molecule has 2 aromatic rings. The first-order valence-electron chi connectivity index (χ1n) is 8.54. The van der Waals surface area contributed by atoms with Gasteiger partial charge in [-0.15, -0.1) is 0 Å². The lowest BCUT2D eigenvalue weighted by molar-refractivity contribution is -0.123. The zero-order valence-electron chi connectivity index (χ0n) is 15.7. The van der Waals surface area contributed by atoms with Crippen molar-refractivity contribution in [3.8, 4) is 5.75 Å². The largest absolute Gasteiger partial charge is 0.480 e. The average molecular weight is 344 g/mol. The molecule has 2 rings (SSSR count).